The van der Waals surface area contributed by atoms with Gasteiger partial charge in [-0.05, 0) is 181 Å². The summed E-state index contributed by atoms with van der Waals surface area (Å²) in [7, 11) is 0. The molecule has 2 aromatic heterocycles. The van der Waals surface area contributed by atoms with Gasteiger partial charge in [-0.3, -0.25) is 0 Å². The van der Waals surface area contributed by atoms with Crippen LogP contribution in [0.25, 0.3) is 88.0 Å². The number of hydrogen-bond donors (Lipinski definition) is 0. The van der Waals surface area contributed by atoms with Crippen molar-refractivity contribution < 1.29 is 0 Å². The van der Waals surface area contributed by atoms with Crippen molar-refractivity contribution in [3.05, 3.63) is 195 Å². The zero-order valence-corrected chi connectivity index (χ0v) is 50.8. The molecule has 11 aromatic rings. The number of benzene rings is 9. The first-order valence-electron chi connectivity index (χ1n) is 29.8. The molecule has 4 aliphatic rings. The number of nitrogens with zero attached hydrogens (tertiary/aromatic N) is 2. The van der Waals surface area contributed by atoms with Crippen LogP contribution in [0.15, 0.2) is 140 Å². The summed E-state index contributed by atoms with van der Waals surface area (Å²) in [6, 6.07) is 57.5. The highest BCUT2D eigenvalue weighted by Crippen LogP contribution is 2.63. The lowest BCUT2D eigenvalue weighted by Crippen LogP contribution is -2.61. The van der Waals surface area contributed by atoms with Crippen LogP contribution >= 0.6 is 0 Å². The van der Waals surface area contributed by atoms with Crippen LogP contribution in [0.2, 0.25) is 0 Å². The molecule has 0 saturated carbocycles. The van der Waals surface area contributed by atoms with Gasteiger partial charge in [0.2, 0.25) is 0 Å². The smallest absolute Gasteiger partial charge is 0.252 e. The van der Waals surface area contributed by atoms with Gasteiger partial charge in [0.25, 0.3) is 6.71 Å². The first kappa shape index (κ1) is 49.9. The molecule has 0 atom stereocenters. The topological polar surface area (TPSA) is 9.86 Å². The molecule has 3 aliphatic heterocycles. The highest BCUT2D eigenvalue weighted by Gasteiger charge is 2.55. The van der Waals surface area contributed by atoms with E-state index >= 15 is 0 Å². The highest BCUT2D eigenvalue weighted by molar-refractivity contribution is 7.00. The van der Waals surface area contributed by atoms with Gasteiger partial charge >= 0.3 is 0 Å². The molecule has 0 unspecified atom stereocenters. The third kappa shape index (κ3) is 6.39. The molecule has 398 valence electrons. The molecule has 0 fully saturated rings. The normalized spacial score (nSPS) is 15.2. The van der Waals surface area contributed by atoms with Gasteiger partial charge in [-0.25, -0.2) is 0 Å². The summed E-state index contributed by atoms with van der Waals surface area (Å²) in [5.41, 5.74) is 30.1. The van der Waals surface area contributed by atoms with E-state index in [0.717, 1.165) is 0 Å². The highest BCUT2D eigenvalue weighted by atomic mass is 15.1. The Bertz CT molecular complexity index is 4590. The fourth-order valence-electron chi connectivity index (χ4n) is 15.3. The van der Waals surface area contributed by atoms with Crippen molar-refractivity contribution in [2.24, 2.45) is 0 Å². The third-order valence-corrected chi connectivity index (χ3v) is 19.7. The van der Waals surface area contributed by atoms with E-state index in [-0.39, 0.29) is 39.2 Å². The average molecular weight is 1040 g/mol. The van der Waals surface area contributed by atoms with Crippen LogP contribution in [0.5, 0.6) is 0 Å². The Labute approximate surface area is 475 Å². The van der Waals surface area contributed by atoms with Gasteiger partial charge in [-0.15, -0.1) is 0 Å². The largest absolute Gasteiger partial charge is 0.310 e. The molecular weight excluding hydrogens is 964 g/mol. The van der Waals surface area contributed by atoms with E-state index in [0.29, 0.717) is 0 Å². The van der Waals surface area contributed by atoms with Crippen LogP contribution in [0, 0.1) is 0 Å². The van der Waals surface area contributed by atoms with Gasteiger partial charge in [-0.1, -0.05) is 216 Å². The Balaban J connectivity index is 1.28. The number of fused-ring (bicyclic) bond motifs is 15. The molecule has 15 rings (SSSR count). The Hall–Kier alpha value is -7.10. The second kappa shape index (κ2) is 15.3. The fraction of sp³-hybridized carbons (Fsp3) is 0.325. The van der Waals surface area contributed by atoms with Crippen LogP contribution in [-0.2, 0) is 37.9 Å². The van der Waals surface area contributed by atoms with Crippen LogP contribution in [0.1, 0.15) is 180 Å². The summed E-state index contributed by atoms with van der Waals surface area (Å²) in [6.07, 6.45) is 0. The predicted octanol–water partition coefficient (Wildman–Crippen LogP) is 18.3. The molecule has 0 bridgehead atoms. The van der Waals surface area contributed by atoms with Crippen molar-refractivity contribution in [1.29, 1.82) is 0 Å². The molecule has 0 N–H and O–H groups in total. The van der Waals surface area contributed by atoms with E-state index in [9.17, 15) is 0 Å². The van der Waals surface area contributed by atoms with Gasteiger partial charge in [0.1, 0.15) is 0 Å². The summed E-state index contributed by atoms with van der Waals surface area (Å²) in [4.78, 5) is 0. The first-order valence-corrected chi connectivity index (χ1v) is 29.8. The Morgan fingerprint density at radius 1 is 0.312 bits per heavy atom. The van der Waals surface area contributed by atoms with E-state index in [1.165, 1.54) is 160 Å². The van der Waals surface area contributed by atoms with E-state index in [2.05, 4.69) is 273 Å². The van der Waals surface area contributed by atoms with Crippen molar-refractivity contribution >= 4 is 77.5 Å². The first-order chi connectivity index (χ1) is 37.5. The molecule has 0 radical (unpaired) electrons. The molecule has 2 nitrogen and oxygen atoms in total. The molecule has 5 heterocycles. The number of hydrogen-bond acceptors (Lipinski definition) is 0. The van der Waals surface area contributed by atoms with Crippen molar-refractivity contribution in [3.8, 4) is 33.6 Å². The molecule has 3 heteroatoms. The molecule has 80 heavy (non-hydrogen) atoms. The van der Waals surface area contributed by atoms with Crippen LogP contribution in [0.3, 0.4) is 0 Å². The van der Waals surface area contributed by atoms with Crippen molar-refractivity contribution in [3.63, 3.8) is 0 Å². The maximum atomic E-state index is 2.83. The number of rotatable bonds is 1. The van der Waals surface area contributed by atoms with E-state index < -0.39 is 5.41 Å². The summed E-state index contributed by atoms with van der Waals surface area (Å²) in [5, 5.41) is 8.03. The molecule has 1 aliphatic carbocycles. The maximum Gasteiger partial charge on any atom is 0.252 e. The third-order valence-electron chi connectivity index (χ3n) is 19.7. The van der Waals surface area contributed by atoms with Gasteiger partial charge < -0.3 is 9.13 Å². The maximum absolute atomic E-state index is 2.83. The van der Waals surface area contributed by atoms with Gasteiger partial charge in [0.05, 0.1) is 22.1 Å². The number of aromatic nitrogens is 2. The molecule has 1 spiro atoms. The van der Waals surface area contributed by atoms with Crippen LogP contribution in [-0.4, -0.2) is 15.8 Å². The van der Waals surface area contributed by atoms with E-state index in [1.54, 1.807) is 0 Å². The minimum absolute atomic E-state index is 0.0335. The fourth-order valence-corrected chi connectivity index (χ4v) is 15.3. The second-order valence-electron chi connectivity index (χ2n) is 31.1. The van der Waals surface area contributed by atoms with Crippen molar-refractivity contribution in [1.82, 2.24) is 9.13 Å². The summed E-state index contributed by atoms with van der Waals surface area (Å²) in [6.45, 7) is 43.1. The predicted molar refractivity (Wildman–Crippen MR) is 346 cm³/mol. The molecular formula is C77H77BN2. The summed E-state index contributed by atoms with van der Waals surface area (Å²) in [5.74, 6) is 0. The molecule has 9 aromatic carbocycles. The Morgan fingerprint density at radius 3 is 1.31 bits per heavy atom. The second-order valence-corrected chi connectivity index (χ2v) is 31.1. The molecule has 0 amide bonds. The van der Waals surface area contributed by atoms with Crippen LogP contribution in [0.4, 0.5) is 0 Å². The Morgan fingerprint density at radius 2 is 0.762 bits per heavy atom. The minimum atomic E-state index is -0.650. The van der Waals surface area contributed by atoms with Crippen LogP contribution < -0.4 is 16.4 Å². The lowest BCUT2D eigenvalue weighted by Gasteiger charge is -2.45. The van der Waals surface area contributed by atoms with Crippen molar-refractivity contribution in [2.45, 2.75) is 163 Å². The lowest BCUT2D eigenvalue weighted by atomic mass is 9.33. The van der Waals surface area contributed by atoms with E-state index in [1.807, 2.05) is 0 Å². The standard InChI is InChI=1S/C77H77BN2/c1-71(2,3)43-28-27-42-31-45(73(7,8)9)34-52(51(42)32-43)57-41-61-70-65-69(57)79-64-30-29-44(72(4,5)6)33-53(64)54-36-47(75(13,14)15)39-62(67(54)79)78(65)63-40-48(76(16,17)18)37-56-55-35-46(74(10,11)12)38-60(66(55)80(70)68(56)63)77(61)58-25-21-19-23-49(58)50-24-20-22-26-59(50)77/h19-41H,1-18H3. The summed E-state index contributed by atoms with van der Waals surface area (Å²) >= 11 is 0. The van der Waals surface area contributed by atoms with Gasteiger partial charge in [0.15, 0.2) is 0 Å². The summed E-state index contributed by atoms with van der Waals surface area (Å²) < 4.78 is 5.62. The monoisotopic (exact) mass is 1040 g/mol. The zero-order valence-electron chi connectivity index (χ0n) is 50.8. The Kier molecular flexibility index (Phi) is 9.52. The lowest BCUT2D eigenvalue weighted by molar-refractivity contribution is 0.588. The van der Waals surface area contributed by atoms with Gasteiger partial charge in [-0.2, -0.15) is 0 Å². The minimum Gasteiger partial charge on any atom is -0.310 e. The van der Waals surface area contributed by atoms with E-state index in [4.69, 9.17) is 0 Å². The quantitative estimate of drug-likeness (QED) is 0.145. The average Bonchev–Trinajstić information content (AvgIpc) is 2.21. The SMILES string of the molecule is CC(C)(C)c1cc(-c2cc3c4c5c2-n2c6ccc(C(C)(C)C)cc6c6cc(C(C)(C)C)cc(c62)B5c2cc(C(C)(C)C)cc5c6cc(C(C)(C)C)cc(c6n-4c25)C32c3ccccc3-c3ccccc32)c2cc(C(C)(C)C)ccc2c1. The van der Waals surface area contributed by atoms with Crippen molar-refractivity contribution in [2.75, 3.05) is 0 Å². The molecule has 0 saturated heterocycles. The zero-order chi connectivity index (χ0) is 56.2. The van der Waals surface area contributed by atoms with Gasteiger partial charge in [0, 0.05) is 43.8 Å².